The normalized spacial score (nSPS) is 15.0. The van der Waals surface area contributed by atoms with E-state index in [2.05, 4.69) is 118 Å². The molecule has 83 heavy (non-hydrogen) atoms. The number of aliphatic hydroxyl groups excluding tert-OH is 2. The first-order valence-electron chi connectivity index (χ1n) is 31.5. The summed E-state index contributed by atoms with van der Waals surface area (Å²) in [5.41, 5.74) is 0. The zero-order valence-electron chi connectivity index (χ0n) is 51.3. The molecule has 18 heteroatoms. The highest BCUT2D eigenvalue weighted by Crippen LogP contribution is 2.45. The van der Waals surface area contributed by atoms with E-state index in [9.17, 15) is 43.5 Å². The van der Waals surface area contributed by atoms with E-state index in [1.807, 2.05) is 0 Å². The van der Waals surface area contributed by atoms with Crippen LogP contribution in [0.25, 0.3) is 0 Å². The monoisotopic (exact) mass is 1210 g/mol. The van der Waals surface area contributed by atoms with Crippen molar-refractivity contribution < 1.29 is 75.8 Å². The minimum atomic E-state index is -4.92. The van der Waals surface area contributed by atoms with E-state index in [4.69, 9.17) is 32.3 Å². The second-order valence-electron chi connectivity index (χ2n) is 20.8. The Hall–Kier alpha value is -3.53. The number of esters is 3. The standard InChI is InChI=1S/C65H112O16P2/c1-4-7-10-13-16-19-22-25-27-29-31-34-36-39-42-45-48-51-63(68)75-54-60(66)55-77-82(71,72)78-56-61(67)57-79-83(73,74)80-59-62(81-65(70)53-50-47-44-41-38-33-24-21-18-15-12-9-6-3)58-76-64(69)52-49-46-43-40-37-35-32-30-28-26-23-20-17-14-11-8-5-2/h7-8,10-11,16-17,19-20,25-28,31-32,34-35,60-62,66-67H,4-6,9,12-15,18,21-24,29-30,33,36-59H2,1-3H3,(H,71,72)(H,73,74)/b10-7-,11-8-,19-16-,20-17-,27-25-,28-26-,34-31-,35-32-. The van der Waals surface area contributed by atoms with Gasteiger partial charge in [-0.2, -0.15) is 0 Å². The van der Waals surface area contributed by atoms with Crippen LogP contribution in [0.4, 0.5) is 0 Å². The summed E-state index contributed by atoms with van der Waals surface area (Å²) in [6.07, 6.45) is 61.8. The SMILES string of the molecule is CC/C=C\C/C=C\C/C=C\C/C=C\CCCCCCC(=O)OCC(O)COP(=O)(O)OCC(O)COP(=O)(O)OCC(COC(=O)CCCCCC/C=C\C/C=C\C/C=C\C/C=C\CC)OC(=O)CCCCCCCCCCCCCCC. The van der Waals surface area contributed by atoms with Crippen LogP contribution < -0.4 is 0 Å². The molecule has 4 N–H and O–H groups in total. The Labute approximate surface area is 501 Å². The van der Waals surface area contributed by atoms with Gasteiger partial charge < -0.3 is 34.2 Å². The first kappa shape index (κ1) is 79.5. The van der Waals surface area contributed by atoms with Crippen LogP contribution in [-0.2, 0) is 55.8 Å². The largest absolute Gasteiger partial charge is 0.472 e. The van der Waals surface area contributed by atoms with Crippen molar-refractivity contribution in [2.75, 3.05) is 39.6 Å². The number of unbranched alkanes of at least 4 members (excludes halogenated alkanes) is 20. The van der Waals surface area contributed by atoms with E-state index in [-0.39, 0.29) is 19.3 Å². The highest BCUT2D eigenvalue weighted by molar-refractivity contribution is 7.47. The number of hydrogen-bond acceptors (Lipinski definition) is 14. The average Bonchev–Trinajstić information content (AvgIpc) is 3.46. The molecule has 5 unspecified atom stereocenters. The van der Waals surface area contributed by atoms with Gasteiger partial charge in [0.2, 0.25) is 0 Å². The molecular weight excluding hydrogens is 1100 g/mol. The van der Waals surface area contributed by atoms with Gasteiger partial charge in [-0.25, -0.2) is 9.13 Å². The maximum atomic E-state index is 12.9. The van der Waals surface area contributed by atoms with Crippen molar-refractivity contribution in [3.05, 3.63) is 97.2 Å². The summed E-state index contributed by atoms with van der Waals surface area (Å²) < 4.78 is 60.7. The van der Waals surface area contributed by atoms with E-state index in [1.54, 1.807) is 0 Å². The molecular formula is C65H112O16P2. The number of carbonyl (C=O) groups is 3. The number of phosphoric acid groups is 2. The Morgan fingerprint density at radius 3 is 1.01 bits per heavy atom. The number of allylic oxidation sites excluding steroid dienone is 16. The highest BCUT2D eigenvalue weighted by Gasteiger charge is 2.29. The van der Waals surface area contributed by atoms with E-state index in [0.29, 0.717) is 19.3 Å². The molecule has 0 heterocycles. The van der Waals surface area contributed by atoms with Crippen LogP contribution in [-0.4, -0.2) is 95.9 Å². The molecule has 5 atom stereocenters. The molecule has 0 saturated carbocycles. The minimum absolute atomic E-state index is 0.0999. The van der Waals surface area contributed by atoms with Crippen molar-refractivity contribution in [3.63, 3.8) is 0 Å². The van der Waals surface area contributed by atoms with Gasteiger partial charge in [0.25, 0.3) is 0 Å². The fourth-order valence-corrected chi connectivity index (χ4v) is 9.61. The van der Waals surface area contributed by atoms with Crippen LogP contribution in [0.3, 0.4) is 0 Å². The van der Waals surface area contributed by atoms with E-state index >= 15 is 0 Å². The molecule has 0 saturated heterocycles. The summed E-state index contributed by atoms with van der Waals surface area (Å²) in [5, 5.41) is 20.5. The highest BCUT2D eigenvalue weighted by atomic mass is 31.2. The second-order valence-corrected chi connectivity index (χ2v) is 23.7. The van der Waals surface area contributed by atoms with Gasteiger partial charge in [-0.15, -0.1) is 0 Å². The van der Waals surface area contributed by atoms with Gasteiger partial charge in [0.1, 0.15) is 25.4 Å². The van der Waals surface area contributed by atoms with Crippen molar-refractivity contribution in [1.29, 1.82) is 0 Å². The Kier molecular flexibility index (Phi) is 56.3. The Morgan fingerprint density at radius 2 is 0.639 bits per heavy atom. The number of phosphoric ester groups is 2. The first-order chi connectivity index (χ1) is 40.2. The lowest BCUT2D eigenvalue weighted by atomic mass is 10.0. The predicted molar refractivity (Wildman–Crippen MR) is 334 cm³/mol. The fraction of sp³-hybridized carbons (Fsp3) is 0.708. The summed E-state index contributed by atoms with van der Waals surface area (Å²) in [7, 11) is -9.78. The topological polar surface area (TPSA) is 231 Å². The summed E-state index contributed by atoms with van der Waals surface area (Å²) in [6, 6.07) is 0. The number of aliphatic hydroxyl groups is 2. The molecule has 0 aromatic rings. The minimum Gasteiger partial charge on any atom is -0.463 e. The number of carbonyl (C=O) groups excluding carboxylic acids is 3. The third kappa shape index (κ3) is 60.0. The summed E-state index contributed by atoms with van der Waals surface area (Å²) in [5.74, 6) is -1.62. The lowest BCUT2D eigenvalue weighted by Gasteiger charge is -2.21. The van der Waals surface area contributed by atoms with Gasteiger partial charge in [0.05, 0.1) is 26.4 Å². The third-order valence-corrected chi connectivity index (χ3v) is 14.7. The molecule has 0 radical (unpaired) electrons. The van der Waals surface area contributed by atoms with Crippen LogP contribution >= 0.6 is 15.6 Å². The molecule has 0 aliphatic heterocycles. The van der Waals surface area contributed by atoms with E-state index in [0.717, 1.165) is 128 Å². The lowest BCUT2D eigenvalue weighted by molar-refractivity contribution is -0.161. The van der Waals surface area contributed by atoms with Crippen LogP contribution in [0.15, 0.2) is 97.2 Å². The fourth-order valence-electron chi connectivity index (χ4n) is 8.02. The Balaban J connectivity index is 4.72. The molecule has 478 valence electrons. The van der Waals surface area contributed by atoms with Crippen LogP contribution in [0.2, 0.25) is 0 Å². The Morgan fingerprint density at radius 1 is 0.349 bits per heavy atom. The summed E-state index contributed by atoms with van der Waals surface area (Å²) in [6.45, 7) is 2.37. The first-order valence-corrected chi connectivity index (χ1v) is 34.5. The van der Waals surface area contributed by atoms with Crippen molar-refractivity contribution in [3.8, 4) is 0 Å². The number of rotatable bonds is 59. The molecule has 0 spiro atoms. The summed E-state index contributed by atoms with van der Waals surface area (Å²) >= 11 is 0. The van der Waals surface area contributed by atoms with Gasteiger partial charge in [0, 0.05) is 19.3 Å². The van der Waals surface area contributed by atoms with Gasteiger partial charge in [-0.1, -0.05) is 221 Å². The zero-order chi connectivity index (χ0) is 61.0. The Bertz CT molecular complexity index is 1910. The number of ether oxygens (including phenoxy) is 3. The molecule has 0 aliphatic carbocycles. The van der Waals surface area contributed by atoms with Gasteiger partial charge in [0.15, 0.2) is 6.10 Å². The molecule has 0 bridgehead atoms. The van der Waals surface area contributed by atoms with E-state index in [1.165, 1.54) is 51.4 Å². The van der Waals surface area contributed by atoms with Gasteiger partial charge in [-0.3, -0.25) is 32.5 Å². The number of hydrogen-bond donors (Lipinski definition) is 4. The average molecular weight is 1210 g/mol. The van der Waals surface area contributed by atoms with Crippen molar-refractivity contribution in [1.82, 2.24) is 0 Å². The predicted octanol–water partition coefficient (Wildman–Crippen LogP) is 16.7. The maximum Gasteiger partial charge on any atom is 0.472 e. The molecule has 16 nitrogen and oxygen atoms in total. The van der Waals surface area contributed by atoms with Crippen LogP contribution in [0.5, 0.6) is 0 Å². The van der Waals surface area contributed by atoms with E-state index < -0.39 is 91.5 Å². The van der Waals surface area contributed by atoms with Crippen LogP contribution in [0.1, 0.15) is 239 Å². The molecule has 0 aliphatic rings. The quantitative estimate of drug-likeness (QED) is 0.0146. The molecule has 0 fully saturated rings. The van der Waals surface area contributed by atoms with Gasteiger partial charge >= 0.3 is 33.6 Å². The zero-order valence-corrected chi connectivity index (χ0v) is 53.1. The molecule has 0 aromatic carbocycles. The molecule has 0 amide bonds. The van der Waals surface area contributed by atoms with Crippen molar-refractivity contribution >= 4 is 33.6 Å². The van der Waals surface area contributed by atoms with Crippen molar-refractivity contribution in [2.45, 2.75) is 257 Å². The van der Waals surface area contributed by atoms with Crippen molar-refractivity contribution in [2.24, 2.45) is 0 Å². The molecule has 0 rings (SSSR count). The maximum absolute atomic E-state index is 12.9. The summed E-state index contributed by atoms with van der Waals surface area (Å²) in [4.78, 5) is 58.2. The van der Waals surface area contributed by atoms with Crippen LogP contribution in [0, 0.1) is 0 Å². The third-order valence-electron chi connectivity index (χ3n) is 12.8. The molecule has 0 aromatic heterocycles. The second kappa shape index (κ2) is 58.8. The lowest BCUT2D eigenvalue weighted by Crippen LogP contribution is -2.30. The smallest absolute Gasteiger partial charge is 0.463 e. The van der Waals surface area contributed by atoms with Gasteiger partial charge in [-0.05, 0) is 96.3 Å².